The molecular formula is C21H24N2O. The first-order valence-electron chi connectivity index (χ1n) is 9.29. The van der Waals surface area contributed by atoms with Crippen molar-refractivity contribution in [3.8, 4) is 0 Å². The van der Waals surface area contributed by atoms with Crippen LogP contribution in [0.25, 0.3) is 10.8 Å². The molecule has 1 spiro atoms. The maximum Gasteiger partial charge on any atom is 0.254 e. The number of nitrogens with zero attached hydrogens (tertiary/aromatic N) is 1. The minimum Gasteiger partial charge on any atom is -0.339 e. The first kappa shape index (κ1) is 14.5. The fourth-order valence-electron chi connectivity index (χ4n) is 5.01. The molecule has 0 radical (unpaired) electrons. The predicted octanol–water partition coefficient (Wildman–Crippen LogP) is 3.15. The van der Waals surface area contributed by atoms with Gasteiger partial charge in [0.15, 0.2) is 0 Å². The van der Waals surface area contributed by atoms with E-state index in [0.29, 0.717) is 5.41 Å². The van der Waals surface area contributed by atoms with Crippen molar-refractivity contribution in [3.63, 3.8) is 0 Å². The number of hydrogen-bond donors (Lipinski definition) is 1. The Morgan fingerprint density at radius 3 is 2.54 bits per heavy atom. The zero-order chi connectivity index (χ0) is 16.1. The summed E-state index contributed by atoms with van der Waals surface area (Å²) in [5.41, 5.74) is 4.18. The second-order valence-electron chi connectivity index (χ2n) is 7.83. The van der Waals surface area contributed by atoms with Crippen LogP contribution in [0.1, 0.15) is 40.7 Å². The molecule has 24 heavy (non-hydrogen) atoms. The minimum absolute atomic E-state index is 0.228. The van der Waals surface area contributed by atoms with Gasteiger partial charge in [-0.05, 0) is 72.0 Å². The molecular weight excluding hydrogens is 296 g/mol. The molecule has 3 nitrogen and oxygen atoms in total. The van der Waals surface area contributed by atoms with Crippen molar-refractivity contribution in [3.05, 3.63) is 47.0 Å². The molecule has 1 amide bonds. The number of rotatable bonds is 1. The maximum atomic E-state index is 13.2. The van der Waals surface area contributed by atoms with E-state index in [0.717, 1.165) is 62.8 Å². The normalized spacial score (nSPS) is 21.8. The van der Waals surface area contributed by atoms with Crippen LogP contribution < -0.4 is 5.32 Å². The third kappa shape index (κ3) is 2.11. The molecule has 3 heteroatoms. The van der Waals surface area contributed by atoms with Crippen molar-refractivity contribution in [2.45, 2.75) is 32.1 Å². The van der Waals surface area contributed by atoms with Crippen molar-refractivity contribution in [1.82, 2.24) is 10.2 Å². The van der Waals surface area contributed by atoms with E-state index >= 15 is 0 Å². The third-order valence-electron chi connectivity index (χ3n) is 6.55. The van der Waals surface area contributed by atoms with Crippen LogP contribution in [-0.4, -0.2) is 37.0 Å². The van der Waals surface area contributed by atoms with Gasteiger partial charge >= 0.3 is 0 Å². The highest BCUT2D eigenvalue weighted by molar-refractivity contribution is 6.09. The molecule has 0 unspecified atom stereocenters. The van der Waals surface area contributed by atoms with Gasteiger partial charge < -0.3 is 10.2 Å². The smallest absolute Gasteiger partial charge is 0.254 e. The Balaban J connectivity index is 1.45. The molecule has 1 aliphatic carbocycles. The quantitative estimate of drug-likeness (QED) is 0.875. The van der Waals surface area contributed by atoms with Crippen LogP contribution in [0, 0.1) is 5.41 Å². The van der Waals surface area contributed by atoms with Crippen molar-refractivity contribution >= 4 is 16.7 Å². The van der Waals surface area contributed by atoms with Gasteiger partial charge in [0.2, 0.25) is 0 Å². The molecule has 1 N–H and O–H groups in total. The molecule has 2 aromatic carbocycles. The predicted molar refractivity (Wildman–Crippen MR) is 96.4 cm³/mol. The number of benzene rings is 2. The Kier molecular flexibility index (Phi) is 3.21. The summed E-state index contributed by atoms with van der Waals surface area (Å²) in [5, 5.41) is 6.01. The van der Waals surface area contributed by atoms with E-state index in [-0.39, 0.29) is 5.91 Å². The van der Waals surface area contributed by atoms with E-state index in [1.165, 1.54) is 22.9 Å². The lowest BCUT2D eigenvalue weighted by molar-refractivity contribution is 0.0609. The molecule has 0 saturated carbocycles. The molecule has 124 valence electrons. The number of hydrogen-bond acceptors (Lipinski definition) is 2. The zero-order valence-corrected chi connectivity index (χ0v) is 14.1. The number of carbonyl (C=O) groups is 1. The zero-order valence-electron chi connectivity index (χ0n) is 14.1. The topological polar surface area (TPSA) is 32.3 Å². The van der Waals surface area contributed by atoms with Crippen LogP contribution in [0.2, 0.25) is 0 Å². The van der Waals surface area contributed by atoms with Crippen LogP contribution in [0.4, 0.5) is 0 Å². The molecule has 2 aromatic rings. The minimum atomic E-state index is 0.228. The summed E-state index contributed by atoms with van der Waals surface area (Å²) in [6, 6.07) is 10.7. The molecule has 2 saturated heterocycles. The molecule has 2 aliphatic heterocycles. The standard InChI is InChI=1S/C21H24N2O/c24-20(23-12-9-21(10-13-23)8-11-22-14-21)18-7-6-16-5-4-15-2-1-3-17(18)19(15)16/h1-3,6-7,22H,4-5,8-14H2. The molecule has 3 aliphatic rings. The number of carbonyl (C=O) groups excluding carboxylic acids is 1. The number of piperidine rings is 1. The Labute approximate surface area is 143 Å². The third-order valence-corrected chi connectivity index (χ3v) is 6.55. The van der Waals surface area contributed by atoms with Crippen LogP contribution in [0.5, 0.6) is 0 Å². The van der Waals surface area contributed by atoms with Crippen LogP contribution in [0.3, 0.4) is 0 Å². The monoisotopic (exact) mass is 320 g/mol. The van der Waals surface area contributed by atoms with Gasteiger partial charge in [0.25, 0.3) is 5.91 Å². The van der Waals surface area contributed by atoms with Crippen LogP contribution in [-0.2, 0) is 12.8 Å². The van der Waals surface area contributed by atoms with E-state index in [4.69, 9.17) is 0 Å². The Morgan fingerprint density at radius 2 is 1.79 bits per heavy atom. The van der Waals surface area contributed by atoms with Crippen LogP contribution in [0.15, 0.2) is 30.3 Å². The van der Waals surface area contributed by atoms with Gasteiger partial charge in [-0.25, -0.2) is 0 Å². The van der Waals surface area contributed by atoms with Crippen molar-refractivity contribution in [2.75, 3.05) is 26.2 Å². The largest absolute Gasteiger partial charge is 0.339 e. The summed E-state index contributed by atoms with van der Waals surface area (Å²) in [6.07, 6.45) is 5.79. The summed E-state index contributed by atoms with van der Waals surface area (Å²) in [5.74, 6) is 0.228. The summed E-state index contributed by atoms with van der Waals surface area (Å²) in [7, 11) is 0. The summed E-state index contributed by atoms with van der Waals surface area (Å²) < 4.78 is 0. The molecule has 0 atom stereocenters. The van der Waals surface area contributed by atoms with E-state index in [1.807, 2.05) is 0 Å². The first-order chi connectivity index (χ1) is 11.8. The van der Waals surface area contributed by atoms with Crippen LogP contribution >= 0.6 is 0 Å². The second kappa shape index (κ2) is 5.32. The molecule has 0 aromatic heterocycles. The van der Waals surface area contributed by atoms with Crippen molar-refractivity contribution < 1.29 is 4.79 Å². The Bertz CT molecular complexity index is 800. The maximum absolute atomic E-state index is 13.2. The molecule has 2 heterocycles. The lowest BCUT2D eigenvalue weighted by Crippen LogP contribution is -2.44. The average Bonchev–Trinajstić information content (AvgIpc) is 3.25. The van der Waals surface area contributed by atoms with Gasteiger partial charge in [0.05, 0.1) is 0 Å². The van der Waals surface area contributed by atoms with E-state index in [2.05, 4.69) is 40.5 Å². The number of amides is 1. The lowest BCUT2D eigenvalue weighted by Gasteiger charge is -2.39. The fourth-order valence-corrected chi connectivity index (χ4v) is 5.01. The van der Waals surface area contributed by atoms with Gasteiger partial charge in [-0.2, -0.15) is 0 Å². The fraction of sp³-hybridized carbons (Fsp3) is 0.476. The molecule has 2 fully saturated rings. The van der Waals surface area contributed by atoms with E-state index in [9.17, 15) is 4.79 Å². The van der Waals surface area contributed by atoms with Gasteiger partial charge in [0, 0.05) is 25.2 Å². The Hall–Kier alpha value is -1.87. The summed E-state index contributed by atoms with van der Waals surface area (Å²) in [6.45, 7) is 4.09. The molecule has 0 bridgehead atoms. The van der Waals surface area contributed by atoms with Gasteiger partial charge in [0.1, 0.15) is 0 Å². The average molecular weight is 320 g/mol. The van der Waals surface area contributed by atoms with Crippen molar-refractivity contribution in [2.24, 2.45) is 5.41 Å². The Morgan fingerprint density at radius 1 is 1.00 bits per heavy atom. The van der Waals surface area contributed by atoms with E-state index in [1.54, 1.807) is 0 Å². The highest BCUT2D eigenvalue weighted by atomic mass is 16.2. The lowest BCUT2D eigenvalue weighted by atomic mass is 9.77. The number of aryl methyl sites for hydroxylation is 2. The van der Waals surface area contributed by atoms with Gasteiger partial charge in [-0.3, -0.25) is 4.79 Å². The number of nitrogens with one attached hydrogen (secondary N) is 1. The number of likely N-dealkylation sites (tertiary alicyclic amines) is 1. The van der Waals surface area contributed by atoms with Gasteiger partial charge in [-0.1, -0.05) is 24.3 Å². The highest BCUT2D eigenvalue weighted by Crippen LogP contribution is 2.38. The second-order valence-corrected chi connectivity index (χ2v) is 7.83. The molecule has 5 rings (SSSR count). The van der Waals surface area contributed by atoms with E-state index < -0.39 is 0 Å². The van der Waals surface area contributed by atoms with Gasteiger partial charge in [-0.15, -0.1) is 0 Å². The first-order valence-corrected chi connectivity index (χ1v) is 9.29. The summed E-state index contributed by atoms with van der Waals surface area (Å²) >= 11 is 0. The SMILES string of the molecule is O=C(c1ccc2c3c(cccc13)CC2)N1CCC2(CCNC2)CC1. The van der Waals surface area contributed by atoms with Crippen molar-refractivity contribution in [1.29, 1.82) is 0 Å². The summed E-state index contributed by atoms with van der Waals surface area (Å²) in [4.78, 5) is 15.3. The highest BCUT2D eigenvalue weighted by Gasteiger charge is 2.38.